The topological polar surface area (TPSA) is 63.1 Å². The number of nitrogens with one attached hydrogen (secondary N) is 1. The van der Waals surface area contributed by atoms with Gasteiger partial charge >= 0.3 is 0 Å². The number of carbonyl (C=O) groups is 1. The van der Waals surface area contributed by atoms with Crippen molar-refractivity contribution in [3.05, 3.63) is 42.6 Å². The van der Waals surface area contributed by atoms with Gasteiger partial charge in [-0.25, -0.2) is 9.97 Å². The number of imidazole rings is 1. The van der Waals surface area contributed by atoms with E-state index in [1.54, 1.807) is 24.8 Å². The van der Waals surface area contributed by atoms with Crippen LogP contribution in [0.5, 0.6) is 0 Å². The summed E-state index contributed by atoms with van der Waals surface area (Å²) in [6.07, 6.45) is 9.91. The zero-order valence-electron chi connectivity index (χ0n) is 13.5. The molecule has 3 rings (SSSR count). The molecule has 0 atom stereocenters. The van der Waals surface area contributed by atoms with E-state index in [4.69, 9.17) is 0 Å². The summed E-state index contributed by atoms with van der Waals surface area (Å²) in [5, 5.41) is 3.36. The normalized spacial score (nSPS) is 15.5. The van der Waals surface area contributed by atoms with E-state index < -0.39 is 0 Å². The van der Waals surface area contributed by atoms with Gasteiger partial charge in [0.15, 0.2) is 0 Å². The summed E-state index contributed by atoms with van der Waals surface area (Å²) in [5.74, 6) is 0.817. The second-order valence-corrected chi connectivity index (χ2v) is 5.85. The molecule has 0 aliphatic carbocycles. The van der Waals surface area contributed by atoms with Gasteiger partial charge in [0.25, 0.3) is 5.91 Å². The van der Waals surface area contributed by atoms with Crippen molar-refractivity contribution in [3.8, 4) is 5.82 Å². The minimum absolute atomic E-state index is 0.0996. The monoisotopic (exact) mass is 313 g/mol. The van der Waals surface area contributed by atoms with Crippen molar-refractivity contribution in [1.82, 2.24) is 24.8 Å². The molecular weight excluding hydrogens is 290 g/mol. The Morgan fingerprint density at radius 2 is 2.22 bits per heavy atom. The number of hydrogen-bond donors (Lipinski definition) is 1. The van der Waals surface area contributed by atoms with Gasteiger partial charge in [0.1, 0.15) is 12.1 Å². The predicted octanol–water partition coefficient (Wildman–Crippen LogP) is 1.87. The maximum atomic E-state index is 13.0. The summed E-state index contributed by atoms with van der Waals surface area (Å²) in [4.78, 5) is 23.4. The van der Waals surface area contributed by atoms with E-state index in [0.29, 0.717) is 11.6 Å². The molecule has 2 aromatic rings. The quantitative estimate of drug-likeness (QED) is 0.915. The lowest BCUT2D eigenvalue weighted by atomic mass is 10.0. The molecule has 122 valence electrons. The highest BCUT2D eigenvalue weighted by Crippen LogP contribution is 2.17. The highest BCUT2D eigenvalue weighted by molar-refractivity contribution is 5.94. The van der Waals surface area contributed by atoms with Crippen LogP contribution in [0.1, 0.15) is 36.5 Å². The van der Waals surface area contributed by atoms with Gasteiger partial charge in [-0.1, -0.05) is 6.92 Å². The van der Waals surface area contributed by atoms with Gasteiger partial charge in [0.05, 0.1) is 0 Å². The molecule has 0 saturated carbocycles. The summed E-state index contributed by atoms with van der Waals surface area (Å²) < 4.78 is 1.81. The number of carbonyl (C=O) groups excluding carboxylic acids is 1. The van der Waals surface area contributed by atoms with Crippen LogP contribution in [0.25, 0.3) is 5.82 Å². The first-order chi connectivity index (χ1) is 11.3. The molecular formula is C17H23N5O. The maximum absolute atomic E-state index is 13.0. The van der Waals surface area contributed by atoms with Crippen LogP contribution in [0.2, 0.25) is 0 Å². The number of aromatic nitrogens is 3. The molecule has 6 heteroatoms. The molecule has 6 nitrogen and oxygen atoms in total. The Kier molecular flexibility index (Phi) is 5.02. The summed E-state index contributed by atoms with van der Waals surface area (Å²) in [5.41, 5.74) is 0.690. The van der Waals surface area contributed by atoms with Crippen LogP contribution in [0.15, 0.2) is 37.1 Å². The van der Waals surface area contributed by atoms with Gasteiger partial charge < -0.3 is 10.2 Å². The molecule has 1 N–H and O–H groups in total. The van der Waals surface area contributed by atoms with E-state index in [1.807, 2.05) is 21.7 Å². The lowest BCUT2D eigenvalue weighted by Crippen LogP contribution is -2.46. The van der Waals surface area contributed by atoms with Crippen molar-refractivity contribution in [2.75, 3.05) is 19.6 Å². The van der Waals surface area contributed by atoms with E-state index in [-0.39, 0.29) is 5.91 Å². The van der Waals surface area contributed by atoms with Crippen LogP contribution in [0.4, 0.5) is 0 Å². The third kappa shape index (κ3) is 3.59. The maximum Gasteiger partial charge on any atom is 0.254 e. The molecule has 0 unspecified atom stereocenters. The van der Waals surface area contributed by atoms with Crippen molar-refractivity contribution in [3.63, 3.8) is 0 Å². The van der Waals surface area contributed by atoms with E-state index >= 15 is 0 Å². The number of hydrogen-bond acceptors (Lipinski definition) is 4. The number of piperidine rings is 1. The van der Waals surface area contributed by atoms with Crippen molar-refractivity contribution in [2.24, 2.45) is 0 Å². The van der Waals surface area contributed by atoms with Crippen LogP contribution < -0.4 is 5.32 Å². The highest BCUT2D eigenvalue weighted by Gasteiger charge is 2.25. The summed E-state index contributed by atoms with van der Waals surface area (Å²) in [7, 11) is 0. The van der Waals surface area contributed by atoms with E-state index in [2.05, 4.69) is 22.2 Å². The lowest BCUT2D eigenvalue weighted by molar-refractivity contribution is 0.0642. The molecule has 23 heavy (non-hydrogen) atoms. The number of amides is 1. The van der Waals surface area contributed by atoms with Gasteiger partial charge in [-0.15, -0.1) is 0 Å². The van der Waals surface area contributed by atoms with Gasteiger partial charge in [-0.3, -0.25) is 9.36 Å². The molecule has 1 aliphatic rings. The smallest absolute Gasteiger partial charge is 0.254 e. The van der Waals surface area contributed by atoms with Gasteiger partial charge in [0.2, 0.25) is 0 Å². The van der Waals surface area contributed by atoms with E-state index in [1.165, 1.54) is 0 Å². The lowest BCUT2D eigenvalue weighted by Gasteiger charge is -2.34. The second-order valence-electron chi connectivity index (χ2n) is 5.85. The fourth-order valence-corrected chi connectivity index (χ4v) is 3.06. The van der Waals surface area contributed by atoms with Crippen LogP contribution in [-0.4, -0.2) is 51.0 Å². The number of nitrogens with zero attached hydrogens (tertiary/aromatic N) is 4. The fourth-order valence-electron chi connectivity index (χ4n) is 3.06. The number of pyridine rings is 1. The minimum Gasteiger partial charge on any atom is -0.336 e. The first-order valence-corrected chi connectivity index (χ1v) is 8.25. The molecule has 1 amide bonds. The Bertz CT molecular complexity index is 634. The fraction of sp³-hybridized carbons (Fsp3) is 0.471. The second kappa shape index (κ2) is 7.37. The molecule has 3 heterocycles. The third-order valence-electron chi connectivity index (χ3n) is 4.24. The van der Waals surface area contributed by atoms with E-state index in [9.17, 15) is 4.79 Å². The largest absolute Gasteiger partial charge is 0.336 e. The molecule has 0 spiro atoms. The van der Waals surface area contributed by atoms with Crippen molar-refractivity contribution in [1.29, 1.82) is 0 Å². The van der Waals surface area contributed by atoms with Crippen LogP contribution in [-0.2, 0) is 0 Å². The standard InChI is InChI=1S/C17H23N5O/c1-2-10-22(15-4-6-18-7-5-15)17(23)14-3-8-20-16(12-14)21-11-9-19-13-21/h3,8-9,11-13,15,18H,2,4-7,10H2,1H3. The van der Waals surface area contributed by atoms with Crippen LogP contribution >= 0.6 is 0 Å². The Labute approximate surface area is 136 Å². The average Bonchev–Trinajstić information content (AvgIpc) is 3.15. The summed E-state index contributed by atoms with van der Waals surface area (Å²) in [6, 6.07) is 3.97. The van der Waals surface area contributed by atoms with Crippen molar-refractivity contribution < 1.29 is 4.79 Å². The third-order valence-corrected chi connectivity index (χ3v) is 4.24. The zero-order valence-corrected chi connectivity index (χ0v) is 13.5. The zero-order chi connectivity index (χ0) is 16.1. The molecule has 2 aromatic heterocycles. The molecule has 0 aromatic carbocycles. The molecule has 0 bridgehead atoms. The van der Waals surface area contributed by atoms with Crippen LogP contribution in [0, 0.1) is 0 Å². The molecule has 1 fully saturated rings. The average molecular weight is 313 g/mol. The van der Waals surface area contributed by atoms with Crippen molar-refractivity contribution in [2.45, 2.75) is 32.2 Å². The molecule has 1 aliphatic heterocycles. The Morgan fingerprint density at radius 3 is 2.91 bits per heavy atom. The Hall–Kier alpha value is -2.21. The first kappa shape index (κ1) is 15.7. The van der Waals surface area contributed by atoms with Gasteiger partial charge in [-0.05, 0) is 44.5 Å². The minimum atomic E-state index is 0.0996. The van der Waals surface area contributed by atoms with Crippen molar-refractivity contribution >= 4 is 5.91 Å². The molecule has 1 saturated heterocycles. The summed E-state index contributed by atoms with van der Waals surface area (Å²) in [6.45, 7) is 4.88. The van der Waals surface area contributed by atoms with Crippen LogP contribution in [0.3, 0.4) is 0 Å². The van der Waals surface area contributed by atoms with Gasteiger partial charge in [0, 0.05) is 36.7 Å². The summed E-state index contributed by atoms with van der Waals surface area (Å²) >= 11 is 0. The first-order valence-electron chi connectivity index (χ1n) is 8.25. The van der Waals surface area contributed by atoms with Gasteiger partial charge in [-0.2, -0.15) is 0 Å². The van der Waals surface area contributed by atoms with E-state index in [0.717, 1.165) is 44.7 Å². The highest BCUT2D eigenvalue weighted by atomic mass is 16.2. The Morgan fingerprint density at radius 1 is 1.39 bits per heavy atom. The predicted molar refractivity (Wildman–Crippen MR) is 88.6 cm³/mol. The molecule has 0 radical (unpaired) electrons. The SMILES string of the molecule is CCCN(C(=O)c1ccnc(-n2ccnc2)c1)C1CCNCC1. The number of rotatable bonds is 5. The Balaban J connectivity index is 1.83.